The number of benzene rings is 1. The smallest absolute Gasteiger partial charge is 0.153 e. The zero-order valence-electron chi connectivity index (χ0n) is 13.6. The molecule has 0 radical (unpaired) electrons. The molecule has 2 aromatic heterocycles. The first kappa shape index (κ1) is 15.2. The van der Waals surface area contributed by atoms with Gasteiger partial charge in [0.25, 0.3) is 0 Å². The lowest BCUT2D eigenvalue weighted by Crippen LogP contribution is -2.28. The predicted molar refractivity (Wildman–Crippen MR) is 91.3 cm³/mol. The zero-order chi connectivity index (χ0) is 16.4. The van der Waals surface area contributed by atoms with Crippen molar-refractivity contribution in [1.29, 1.82) is 0 Å². The lowest BCUT2D eigenvalue weighted by molar-refractivity contribution is 0.0830. The van der Waals surface area contributed by atoms with Crippen LogP contribution in [0.4, 0.5) is 0 Å². The van der Waals surface area contributed by atoms with Crippen LogP contribution in [0.1, 0.15) is 37.0 Å². The number of nitrogens with one attached hydrogen (secondary N) is 2. The van der Waals surface area contributed by atoms with E-state index in [0.717, 1.165) is 31.1 Å². The van der Waals surface area contributed by atoms with Crippen molar-refractivity contribution < 1.29 is 4.74 Å². The van der Waals surface area contributed by atoms with Crippen LogP contribution < -0.4 is 5.32 Å². The SMILES string of the molecule is CC(NC[C@@H]1CCO[C@@H]1c1ncn[nH]1)c1nccc2ccccc12. The maximum absolute atomic E-state index is 5.83. The molecule has 124 valence electrons. The number of hydrogen-bond acceptors (Lipinski definition) is 5. The van der Waals surface area contributed by atoms with Gasteiger partial charge in [0.15, 0.2) is 5.82 Å². The van der Waals surface area contributed by atoms with E-state index in [1.165, 1.54) is 17.1 Å². The third-order valence-corrected chi connectivity index (χ3v) is 4.72. The summed E-state index contributed by atoms with van der Waals surface area (Å²) in [5.74, 6) is 1.20. The molecule has 0 aliphatic carbocycles. The average Bonchev–Trinajstić information content (AvgIpc) is 3.30. The van der Waals surface area contributed by atoms with E-state index in [1.807, 2.05) is 6.20 Å². The van der Waals surface area contributed by atoms with Gasteiger partial charge in [-0.15, -0.1) is 0 Å². The minimum Gasteiger partial charge on any atom is -0.370 e. The van der Waals surface area contributed by atoms with Crippen LogP contribution in [0.3, 0.4) is 0 Å². The Balaban J connectivity index is 1.47. The quantitative estimate of drug-likeness (QED) is 0.755. The predicted octanol–water partition coefficient (Wildman–Crippen LogP) is 2.78. The topological polar surface area (TPSA) is 75.7 Å². The second-order valence-corrected chi connectivity index (χ2v) is 6.26. The molecular formula is C18H21N5O. The van der Waals surface area contributed by atoms with E-state index in [4.69, 9.17) is 4.74 Å². The molecule has 3 atom stereocenters. The van der Waals surface area contributed by atoms with E-state index in [-0.39, 0.29) is 12.1 Å². The monoisotopic (exact) mass is 323 g/mol. The van der Waals surface area contributed by atoms with Crippen molar-refractivity contribution in [1.82, 2.24) is 25.5 Å². The van der Waals surface area contributed by atoms with Gasteiger partial charge < -0.3 is 10.1 Å². The van der Waals surface area contributed by atoms with Gasteiger partial charge in [0.1, 0.15) is 12.4 Å². The standard InChI is InChI=1S/C18H21N5O/c1-12(16-15-5-3-2-4-13(15)6-8-19-16)20-10-14-7-9-24-17(14)18-21-11-22-23-18/h2-6,8,11-12,14,17,20H,7,9-10H2,1H3,(H,21,22,23)/t12?,14-,17-/m0/s1. The van der Waals surface area contributed by atoms with E-state index < -0.39 is 0 Å². The summed E-state index contributed by atoms with van der Waals surface area (Å²) in [6, 6.07) is 10.6. The minimum atomic E-state index is -0.00678. The number of pyridine rings is 1. The molecular weight excluding hydrogens is 302 g/mol. The summed E-state index contributed by atoms with van der Waals surface area (Å²) in [5, 5.41) is 12.9. The molecule has 1 aromatic carbocycles. The highest BCUT2D eigenvalue weighted by atomic mass is 16.5. The van der Waals surface area contributed by atoms with Gasteiger partial charge in [-0.1, -0.05) is 24.3 Å². The lowest BCUT2D eigenvalue weighted by Gasteiger charge is -2.20. The Kier molecular flexibility index (Phi) is 4.23. The van der Waals surface area contributed by atoms with Crippen LogP contribution >= 0.6 is 0 Å². The van der Waals surface area contributed by atoms with Crippen LogP contribution in [0.2, 0.25) is 0 Å². The molecule has 0 spiro atoms. The molecule has 4 rings (SSSR count). The van der Waals surface area contributed by atoms with Crippen LogP contribution in [0.5, 0.6) is 0 Å². The Morgan fingerprint density at radius 1 is 1.29 bits per heavy atom. The summed E-state index contributed by atoms with van der Waals surface area (Å²) >= 11 is 0. The highest BCUT2D eigenvalue weighted by Crippen LogP contribution is 2.32. The second-order valence-electron chi connectivity index (χ2n) is 6.26. The summed E-state index contributed by atoms with van der Waals surface area (Å²) in [4.78, 5) is 8.84. The van der Waals surface area contributed by atoms with Crippen molar-refractivity contribution in [2.75, 3.05) is 13.2 Å². The Morgan fingerprint density at radius 2 is 2.21 bits per heavy atom. The van der Waals surface area contributed by atoms with Crippen molar-refractivity contribution in [3.8, 4) is 0 Å². The average molecular weight is 323 g/mol. The molecule has 6 heteroatoms. The normalized spacial score (nSPS) is 22.0. The summed E-state index contributed by atoms with van der Waals surface area (Å²) < 4.78 is 5.83. The lowest BCUT2D eigenvalue weighted by atomic mass is 9.99. The Hall–Kier alpha value is -2.31. The molecule has 1 fully saturated rings. The number of H-pyrrole nitrogens is 1. The van der Waals surface area contributed by atoms with Crippen LogP contribution in [-0.2, 0) is 4.74 Å². The number of aromatic nitrogens is 4. The van der Waals surface area contributed by atoms with Crippen LogP contribution in [0, 0.1) is 5.92 Å². The summed E-state index contributed by atoms with van der Waals surface area (Å²) in [5.41, 5.74) is 1.09. The van der Waals surface area contributed by atoms with E-state index in [1.54, 1.807) is 0 Å². The molecule has 1 aliphatic rings. The molecule has 1 saturated heterocycles. The number of fused-ring (bicyclic) bond motifs is 1. The van der Waals surface area contributed by atoms with Crippen molar-refractivity contribution in [2.45, 2.75) is 25.5 Å². The van der Waals surface area contributed by atoms with Crippen molar-refractivity contribution >= 4 is 10.8 Å². The Labute approximate surface area is 140 Å². The van der Waals surface area contributed by atoms with Crippen LogP contribution in [0.15, 0.2) is 42.9 Å². The number of hydrogen-bond donors (Lipinski definition) is 2. The first-order chi connectivity index (χ1) is 11.8. The third kappa shape index (κ3) is 2.90. The van der Waals surface area contributed by atoms with Gasteiger partial charge in [-0.05, 0) is 24.8 Å². The van der Waals surface area contributed by atoms with E-state index in [9.17, 15) is 0 Å². The molecule has 3 aromatic rings. The molecule has 6 nitrogen and oxygen atoms in total. The Bertz CT molecular complexity index is 799. The van der Waals surface area contributed by atoms with Gasteiger partial charge in [0, 0.05) is 36.7 Å². The van der Waals surface area contributed by atoms with Gasteiger partial charge in [0.2, 0.25) is 0 Å². The fourth-order valence-electron chi connectivity index (χ4n) is 3.41. The Morgan fingerprint density at radius 3 is 3.08 bits per heavy atom. The molecule has 1 aliphatic heterocycles. The fourth-order valence-corrected chi connectivity index (χ4v) is 3.41. The molecule has 1 unspecified atom stereocenters. The molecule has 0 saturated carbocycles. The van der Waals surface area contributed by atoms with Crippen molar-refractivity contribution in [3.63, 3.8) is 0 Å². The highest BCUT2D eigenvalue weighted by Gasteiger charge is 2.32. The van der Waals surface area contributed by atoms with Gasteiger partial charge in [-0.3, -0.25) is 10.1 Å². The minimum absolute atomic E-state index is 0.00678. The molecule has 2 N–H and O–H groups in total. The maximum Gasteiger partial charge on any atom is 0.153 e. The van der Waals surface area contributed by atoms with Gasteiger partial charge in [0.05, 0.1) is 5.69 Å². The van der Waals surface area contributed by atoms with Crippen LogP contribution in [-0.4, -0.2) is 33.3 Å². The summed E-state index contributed by atoms with van der Waals surface area (Å²) in [7, 11) is 0. The van der Waals surface area contributed by atoms with E-state index >= 15 is 0 Å². The summed E-state index contributed by atoms with van der Waals surface area (Å²) in [6.07, 6.45) is 4.43. The third-order valence-electron chi connectivity index (χ3n) is 4.72. The van der Waals surface area contributed by atoms with Crippen molar-refractivity contribution in [2.24, 2.45) is 5.92 Å². The number of rotatable bonds is 5. The fraction of sp³-hybridized carbons (Fsp3) is 0.389. The van der Waals surface area contributed by atoms with Crippen molar-refractivity contribution in [3.05, 3.63) is 54.4 Å². The van der Waals surface area contributed by atoms with E-state index in [0.29, 0.717) is 5.92 Å². The van der Waals surface area contributed by atoms with E-state index in [2.05, 4.69) is 62.7 Å². The second kappa shape index (κ2) is 6.67. The van der Waals surface area contributed by atoms with Gasteiger partial charge in [-0.25, -0.2) is 4.98 Å². The van der Waals surface area contributed by atoms with Gasteiger partial charge in [-0.2, -0.15) is 5.10 Å². The summed E-state index contributed by atoms with van der Waals surface area (Å²) in [6.45, 7) is 3.78. The molecule has 3 heterocycles. The highest BCUT2D eigenvalue weighted by molar-refractivity contribution is 5.84. The first-order valence-electron chi connectivity index (χ1n) is 8.37. The zero-order valence-corrected chi connectivity index (χ0v) is 13.6. The van der Waals surface area contributed by atoms with Crippen LogP contribution in [0.25, 0.3) is 10.8 Å². The number of nitrogens with zero attached hydrogens (tertiary/aromatic N) is 3. The number of aromatic amines is 1. The largest absolute Gasteiger partial charge is 0.370 e. The molecule has 0 bridgehead atoms. The first-order valence-corrected chi connectivity index (χ1v) is 8.37. The molecule has 24 heavy (non-hydrogen) atoms. The maximum atomic E-state index is 5.83. The number of ether oxygens (including phenoxy) is 1. The molecule has 0 amide bonds. The van der Waals surface area contributed by atoms with Gasteiger partial charge >= 0.3 is 0 Å².